The summed E-state index contributed by atoms with van der Waals surface area (Å²) in [6.07, 6.45) is 0.193. The minimum absolute atomic E-state index is 0.193. The minimum Gasteiger partial charge on any atom is -0.475 e. The maximum atomic E-state index is 5.51. The first-order chi connectivity index (χ1) is 5.59. The number of aromatic nitrogens is 1. The first kappa shape index (κ1) is 9.04. The summed E-state index contributed by atoms with van der Waals surface area (Å²) in [6, 6.07) is 4.02. The molecule has 1 aromatic rings. The minimum atomic E-state index is 0.193. The summed E-state index contributed by atoms with van der Waals surface area (Å²) in [7, 11) is 0. The van der Waals surface area contributed by atoms with Crippen molar-refractivity contribution in [2.24, 2.45) is 0 Å². The first-order valence-corrected chi connectivity index (χ1v) is 4.20. The molecule has 2 heteroatoms. The lowest BCUT2D eigenvalue weighted by molar-refractivity contribution is 0.230. The van der Waals surface area contributed by atoms with Crippen LogP contribution in [-0.2, 0) is 0 Å². The number of hydrogen-bond acceptors (Lipinski definition) is 2. The SMILES string of the molecule is Cc1ccc(C)c(OC(C)C)n1. The third kappa shape index (κ3) is 2.22. The quantitative estimate of drug-likeness (QED) is 0.671. The summed E-state index contributed by atoms with van der Waals surface area (Å²) in [5.74, 6) is 0.755. The van der Waals surface area contributed by atoms with Crippen LogP contribution in [0.4, 0.5) is 0 Å². The summed E-state index contributed by atoms with van der Waals surface area (Å²) in [5, 5.41) is 0. The van der Waals surface area contributed by atoms with Crippen LogP contribution in [0.2, 0.25) is 0 Å². The standard InChI is InChI=1S/C10H15NO/c1-7(2)12-10-8(3)5-6-9(4)11-10/h5-7H,1-4H3. The van der Waals surface area contributed by atoms with Crippen LogP contribution in [0.15, 0.2) is 12.1 Å². The molecule has 1 aromatic heterocycles. The molecule has 66 valence electrons. The molecule has 12 heavy (non-hydrogen) atoms. The van der Waals surface area contributed by atoms with E-state index in [1.807, 2.05) is 39.8 Å². The molecule has 0 spiro atoms. The van der Waals surface area contributed by atoms with E-state index in [0.29, 0.717) is 0 Å². The Morgan fingerprint density at radius 2 is 1.92 bits per heavy atom. The molecule has 0 aliphatic rings. The van der Waals surface area contributed by atoms with Crippen molar-refractivity contribution >= 4 is 0 Å². The van der Waals surface area contributed by atoms with E-state index in [-0.39, 0.29) is 6.10 Å². The number of aryl methyl sites for hydroxylation is 2. The van der Waals surface area contributed by atoms with Crippen molar-refractivity contribution in [1.29, 1.82) is 0 Å². The highest BCUT2D eigenvalue weighted by atomic mass is 16.5. The molecule has 0 aliphatic carbocycles. The van der Waals surface area contributed by atoms with Crippen LogP contribution in [0, 0.1) is 13.8 Å². The number of pyridine rings is 1. The third-order valence-electron chi connectivity index (χ3n) is 1.54. The van der Waals surface area contributed by atoms with Crippen LogP contribution in [0.25, 0.3) is 0 Å². The van der Waals surface area contributed by atoms with Gasteiger partial charge in [0, 0.05) is 11.3 Å². The number of nitrogens with zero attached hydrogens (tertiary/aromatic N) is 1. The van der Waals surface area contributed by atoms with E-state index in [1.165, 1.54) is 0 Å². The molecule has 0 saturated heterocycles. The van der Waals surface area contributed by atoms with Gasteiger partial charge < -0.3 is 4.74 Å². The number of hydrogen-bond donors (Lipinski definition) is 0. The molecule has 0 atom stereocenters. The third-order valence-corrected chi connectivity index (χ3v) is 1.54. The Morgan fingerprint density at radius 1 is 1.25 bits per heavy atom. The van der Waals surface area contributed by atoms with Crippen LogP contribution < -0.4 is 4.74 Å². The van der Waals surface area contributed by atoms with Gasteiger partial charge in [-0.25, -0.2) is 4.98 Å². The highest BCUT2D eigenvalue weighted by Crippen LogP contribution is 2.15. The second kappa shape index (κ2) is 3.57. The molecule has 1 rings (SSSR count). The molecule has 0 bridgehead atoms. The van der Waals surface area contributed by atoms with Crippen molar-refractivity contribution in [1.82, 2.24) is 4.98 Å². The van der Waals surface area contributed by atoms with E-state index in [4.69, 9.17) is 4.74 Å². The van der Waals surface area contributed by atoms with Gasteiger partial charge in [0.05, 0.1) is 6.10 Å². The van der Waals surface area contributed by atoms with Gasteiger partial charge in [-0.2, -0.15) is 0 Å². The van der Waals surface area contributed by atoms with Gasteiger partial charge in [0.1, 0.15) is 0 Å². The predicted octanol–water partition coefficient (Wildman–Crippen LogP) is 2.49. The second-order valence-electron chi connectivity index (χ2n) is 3.24. The molecular formula is C10H15NO. The molecule has 0 amide bonds. The summed E-state index contributed by atoms with van der Waals surface area (Å²) >= 11 is 0. The van der Waals surface area contributed by atoms with Crippen LogP contribution >= 0.6 is 0 Å². The molecule has 0 radical (unpaired) electrons. The normalized spacial score (nSPS) is 10.4. The lowest BCUT2D eigenvalue weighted by Gasteiger charge is -2.11. The molecule has 0 N–H and O–H groups in total. The number of rotatable bonds is 2. The molecule has 0 saturated carbocycles. The van der Waals surface area contributed by atoms with Gasteiger partial charge in [-0.15, -0.1) is 0 Å². The van der Waals surface area contributed by atoms with Crippen molar-refractivity contribution in [3.8, 4) is 5.88 Å². The summed E-state index contributed by atoms with van der Waals surface area (Å²) < 4.78 is 5.51. The number of ether oxygens (including phenoxy) is 1. The highest BCUT2D eigenvalue weighted by molar-refractivity contribution is 5.26. The van der Waals surface area contributed by atoms with E-state index < -0.39 is 0 Å². The van der Waals surface area contributed by atoms with Gasteiger partial charge in [0.2, 0.25) is 5.88 Å². The zero-order valence-electron chi connectivity index (χ0n) is 8.09. The van der Waals surface area contributed by atoms with E-state index in [1.54, 1.807) is 0 Å². The predicted molar refractivity (Wildman–Crippen MR) is 49.5 cm³/mol. The van der Waals surface area contributed by atoms with Crippen molar-refractivity contribution in [2.45, 2.75) is 33.8 Å². The van der Waals surface area contributed by atoms with Crippen molar-refractivity contribution in [3.63, 3.8) is 0 Å². The zero-order chi connectivity index (χ0) is 9.14. The lowest BCUT2D eigenvalue weighted by atomic mass is 10.3. The maximum absolute atomic E-state index is 5.51. The van der Waals surface area contributed by atoms with E-state index in [2.05, 4.69) is 4.98 Å². The topological polar surface area (TPSA) is 22.1 Å². The molecule has 0 aliphatic heterocycles. The smallest absolute Gasteiger partial charge is 0.216 e. The zero-order valence-corrected chi connectivity index (χ0v) is 8.09. The van der Waals surface area contributed by atoms with Crippen molar-refractivity contribution < 1.29 is 4.74 Å². The second-order valence-corrected chi connectivity index (χ2v) is 3.24. The molecular weight excluding hydrogens is 150 g/mol. The largest absolute Gasteiger partial charge is 0.475 e. The van der Waals surface area contributed by atoms with Crippen molar-refractivity contribution in [3.05, 3.63) is 23.4 Å². The molecule has 0 aromatic carbocycles. The fraction of sp³-hybridized carbons (Fsp3) is 0.500. The Hall–Kier alpha value is -1.05. The van der Waals surface area contributed by atoms with Crippen LogP contribution in [-0.4, -0.2) is 11.1 Å². The average Bonchev–Trinajstić information content (AvgIpc) is 1.96. The average molecular weight is 165 g/mol. The Balaban J connectivity index is 2.90. The monoisotopic (exact) mass is 165 g/mol. The summed E-state index contributed by atoms with van der Waals surface area (Å²) in [4.78, 5) is 4.29. The summed E-state index contributed by atoms with van der Waals surface area (Å²) in [6.45, 7) is 7.98. The van der Waals surface area contributed by atoms with Gasteiger partial charge in [0.15, 0.2) is 0 Å². The van der Waals surface area contributed by atoms with Crippen LogP contribution in [0.3, 0.4) is 0 Å². The molecule has 1 heterocycles. The fourth-order valence-corrected chi connectivity index (χ4v) is 0.945. The van der Waals surface area contributed by atoms with E-state index in [0.717, 1.165) is 17.1 Å². The Bertz CT molecular complexity index is 269. The molecule has 0 fully saturated rings. The van der Waals surface area contributed by atoms with Gasteiger partial charge in [-0.1, -0.05) is 6.07 Å². The molecule has 2 nitrogen and oxygen atoms in total. The Kier molecular flexibility index (Phi) is 2.69. The van der Waals surface area contributed by atoms with Crippen molar-refractivity contribution in [2.75, 3.05) is 0 Å². The molecule has 0 unspecified atom stereocenters. The Morgan fingerprint density at radius 3 is 2.50 bits per heavy atom. The maximum Gasteiger partial charge on any atom is 0.216 e. The lowest BCUT2D eigenvalue weighted by Crippen LogP contribution is -2.08. The fourth-order valence-electron chi connectivity index (χ4n) is 0.945. The van der Waals surface area contributed by atoms with E-state index in [9.17, 15) is 0 Å². The van der Waals surface area contributed by atoms with Gasteiger partial charge in [0.25, 0.3) is 0 Å². The first-order valence-electron chi connectivity index (χ1n) is 4.20. The highest BCUT2D eigenvalue weighted by Gasteiger charge is 2.02. The van der Waals surface area contributed by atoms with E-state index >= 15 is 0 Å². The van der Waals surface area contributed by atoms with Crippen LogP contribution in [0.5, 0.6) is 5.88 Å². The van der Waals surface area contributed by atoms with Crippen LogP contribution in [0.1, 0.15) is 25.1 Å². The van der Waals surface area contributed by atoms with Gasteiger partial charge >= 0.3 is 0 Å². The Labute approximate surface area is 73.6 Å². The summed E-state index contributed by atoms with van der Waals surface area (Å²) in [5.41, 5.74) is 2.09. The van der Waals surface area contributed by atoms with Gasteiger partial charge in [-0.3, -0.25) is 0 Å². The van der Waals surface area contributed by atoms with Gasteiger partial charge in [-0.05, 0) is 33.8 Å².